The van der Waals surface area contributed by atoms with Gasteiger partial charge in [-0.3, -0.25) is 4.98 Å². The summed E-state index contributed by atoms with van der Waals surface area (Å²) in [6, 6.07) is 10.4. The molecule has 2 aromatic rings. The number of benzene rings is 1. The molecule has 0 aliphatic carbocycles. The van der Waals surface area contributed by atoms with Crippen LogP contribution in [0.2, 0.25) is 0 Å². The minimum absolute atomic E-state index is 0.971. The lowest BCUT2D eigenvalue weighted by Gasteiger charge is -1.99. The number of pyridine rings is 1. The minimum atomic E-state index is 0.971. The van der Waals surface area contributed by atoms with Crippen molar-refractivity contribution in [2.45, 2.75) is 6.42 Å². The summed E-state index contributed by atoms with van der Waals surface area (Å²) in [6.45, 7) is 0. The largest absolute Gasteiger partial charge is 0.261 e. The van der Waals surface area contributed by atoms with Gasteiger partial charge in [0, 0.05) is 22.6 Å². The third kappa shape index (κ3) is 1.89. The number of halogens is 1. The molecule has 0 saturated heterocycles. The fourth-order valence-corrected chi connectivity index (χ4v) is 1.77. The van der Waals surface area contributed by atoms with Crippen molar-refractivity contribution in [2.24, 2.45) is 0 Å². The molecule has 0 amide bonds. The number of fused-ring (bicyclic) bond motifs is 1. The summed E-state index contributed by atoms with van der Waals surface area (Å²) in [4.78, 5) is 4.37. The molecule has 66 valence electrons. The lowest BCUT2D eigenvalue weighted by atomic mass is 10.1. The summed E-state index contributed by atoms with van der Waals surface area (Å²) in [6.07, 6.45) is 2.93. The zero-order chi connectivity index (χ0) is 9.10. The van der Waals surface area contributed by atoms with Gasteiger partial charge in [-0.1, -0.05) is 40.2 Å². The molecule has 0 aliphatic rings. The third-order valence-electron chi connectivity index (χ3n) is 2.04. The van der Waals surface area contributed by atoms with Gasteiger partial charge in [0.05, 0.1) is 0 Å². The Balaban J connectivity index is 2.49. The van der Waals surface area contributed by atoms with Gasteiger partial charge >= 0.3 is 0 Å². The molecule has 0 N–H and O–H groups in total. The van der Waals surface area contributed by atoms with Crippen LogP contribution in [-0.4, -0.2) is 10.3 Å². The van der Waals surface area contributed by atoms with Crippen LogP contribution in [0.25, 0.3) is 10.8 Å². The molecule has 0 unspecified atom stereocenters. The summed E-state index contributed by atoms with van der Waals surface area (Å²) in [5, 5.41) is 3.45. The zero-order valence-corrected chi connectivity index (χ0v) is 8.79. The number of rotatable bonds is 2. The van der Waals surface area contributed by atoms with Crippen molar-refractivity contribution in [3.05, 3.63) is 42.2 Å². The molecule has 0 aliphatic heterocycles. The highest BCUT2D eigenvalue weighted by Gasteiger charge is 1.95. The number of aromatic nitrogens is 1. The van der Waals surface area contributed by atoms with Crippen LogP contribution in [0, 0.1) is 0 Å². The van der Waals surface area contributed by atoms with Crippen LogP contribution in [0.15, 0.2) is 36.5 Å². The molecule has 13 heavy (non-hydrogen) atoms. The van der Waals surface area contributed by atoms with Gasteiger partial charge < -0.3 is 0 Å². The highest BCUT2D eigenvalue weighted by Crippen LogP contribution is 2.13. The molecular weight excluding hydrogens is 226 g/mol. The number of hydrogen-bond donors (Lipinski definition) is 0. The average molecular weight is 236 g/mol. The van der Waals surface area contributed by atoms with Crippen LogP contribution in [0.5, 0.6) is 0 Å². The van der Waals surface area contributed by atoms with Crippen LogP contribution >= 0.6 is 15.9 Å². The van der Waals surface area contributed by atoms with Crippen molar-refractivity contribution in [3.8, 4) is 0 Å². The molecule has 1 heterocycles. The van der Waals surface area contributed by atoms with Gasteiger partial charge in [-0.05, 0) is 17.9 Å². The smallest absolute Gasteiger partial charge is 0.0418 e. The lowest BCUT2D eigenvalue weighted by Crippen LogP contribution is -1.89. The topological polar surface area (TPSA) is 12.9 Å². The van der Waals surface area contributed by atoms with Crippen molar-refractivity contribution >= 4 is 26.7 Å². The monoisotopic (exact) mass is 235 g/mol. The van der Waals surface area contributed by atoms with Crippen LogP contribution in [0.3, 0.4) is 0 Å². The van der Waals surface area contributed by atoms with E-state index in [2.05, 4.69) is 45.2 Å². The Labute approximate surface area is 85.9 Å². The van der Waals surface area contributed by atoms with Crippen LogP contribution in [0.4, 0.5) is 0 Å². The van der Waals surface area contributed by atoms with Gasteiger partial charge in [0.2, 0.25) is 0 Å². The first-order chi connectivity index (χ1) is 6.40. The Hall–Kier alpha value is -0.890. The number of nitrogens with zero attached hydrogens (tertiary/aromatic N) is 1. The van der Waals surface area contributed by atoms with Crippen molar-refractivity contribution in [1.29, 1.82) is 0 Å². The van der Waals surface area contributed by atoms with E-state index in [1.807, 2.05) is 12.3 Å². The predicted octanol–water partition coefficient (Wildman–Crippen LogP) is 3.17. The Morgan fingerprint density at radius 1 is 1.15 bits per heavy atom. The van der Waals surface area contributed by atoms with E-state index in [1.54, 1.807) is 0 Å². The summed E-state index contributed by atoms with van der Waals surface area (Å²) >= 11 is 3.41. The molecule has 0 radical (unpaired) electrons. The maximum absolute atomic E-state index is 4.37. The molecule has 0 atom stereocenters. The van der Waals surface area contributed by atoms with E-state index in [0.717, 1.165) is 17.4 Å². The molecular formula is C11H10BrN. The second-order valence-electron chi connectivity index (χ2n) is 2.96. The standard InChI is InChI=1S/C11H10BrN/c12-6-5-11-7-9-3-1-2-4-10(9)8-13-11/h1-4,7-8H,5-6H2. The number of aryl methyl sites for hydroxylation is 1. The second-order valence-corrected chi connectivity index (χ2v) is 3.75. The predicted molar refractivity (Wildman–Crippen MR) is 59.2 cm³/mol. The van der Waals surface area contributed by atoms with E-state index in [9.17, 15) is 0 Å². The number of hydrogen-bond acceptors (Lipinski definition) is 1. The van der Waals surface area contributed by atoms with Gasteiger partial charge in [0.25, 0.3) is 0 Å². The molecule has 1 nitrogen and oxygen atoms in total. The lowest BCUT2D eigenvalue weighted by molar-refractivity contribution is 1.06. The van der Waals surface area contributed by atoms with Gasteiger partial charge in [-0.15, -0.1) is 0 Å². The van der Waals surface area contributed by atoms with Gasteiger partial charge in [0.15, 0.2) is 0 Å². The normalized spacial score (nSPS) is 10.5. The first-order valence-corrected chi connectivity index (χ1v) is 5.42. The van der Waals surface area contributed by atoms with E-state index >= 15 is 0 Å². The summed E-state index contributed by atoms with van der Waals surface area (Å²) in [7, 11) is 0. The Bertz CT molecular complexity index is 412. The molecule has 2 heteroatoms. The molecule has 0 bridgehead atoms. The quantitative estimate of drug-likeness (QED) is 0.730. The van der Waals surface area contributed by atoms with Gasteiger partial charge in [0.1, 0.15) is 0 Å². The summed E-state index contributed by atoms with van der Waals surface area (Å²) in [5.74, 6) is 0. The molecule has 0 saturated carbocycles. The Morgan fingerprint density at radius 2 is 1.92 bits per heavy atom. The van der Waals surface area contributed by atoms with Crippen LogP contribution in [0.1, 0.15) is 5.69 Å². The molecule has 1 aromatic carbocycles. The van der Waals surface area contributed by atoms with Crippen molar-refractivity contribution in [1.82, 2.24) is 4.98 Å². The highest BCUT2D eigenvalue weighted by atomic mass is 79.9. The van der Waals surface area contributed by atoms with E-state index in [1.165, 1.54) is 10.8 Å². The van der Waals surface area contributed by atoms with E-state index in [4.69, 9.17) is 0 Å². The number of alkyl halides is 1. The first-order valence-electron chi connectivity index (χ1n) is 4.30. The zero-order valence-electron chi connectivity index (χ0n) is 7.20. The molecule has 1 aromatic heterocycles. The van der Waals surface area contributed by atoms with E-state index in [0.29, 0.717) is 0 Å². The van der Waals surface area contributed by atoms with Crippen LogP contribution in [-0.2, 0) is 6.42 Å². The Morgan fingerprint density at radius 3 is 2.69 bits per heavy atom. The fraction of sp³-hybridized carbons (Fsp3) is 0.182. The Kier molecular flexibility index (Phi) is 2.60. The van der Waals surface area contributed by atoms with Gasteiger partial charge in [-0.25, -0.2) is 0 Å². The SMILES string of the molecule is BrCCc1cc2ccccc2cn1. The maximum atomic E-state index is 4.37. The van der Waals surface area contributed by atoms with Gasteiger partial charge in [-0.2, -0.15) is 0 Å². The van der Waals surface area contributed by atoms with E-state index in [-0.39, 0.29) is 0 Å². The van der Waals surface area contributed by atoms with Crippen molar-refractivity contribution in [2.75, 3.05) is 5.33 Å². The summed E-state index contributed by atoms with van der Waals surface area (Å²) in [5.41, 5.74) is 1.15. The van der Waals surface area contributed by atoms with E-state index < -0.39 is 0 Å². The third-order valence-corrected chi connectivity index (χ3v) is 2.43. The summed E-state index contributed by atoms with van der Waals surface area (Å²) < 4.78 is 0. The molecule has 0 fully saturated rings. The minimum Gasteiger partial charge on any atom is -0.261 e. The maximum Gasteiger partial charge on any atom is 0.0418 e. The molecule has 0 spiro atoms. The fourth-order valence-electron chi connectivity index (χ4n) is 1.36. The second kappa shape index (κ2) is 3.88. The highest BCUT2D eigenvalue weighted by molar-refractivity contribution is 9.09. The first kappa shape index (κ1) is 8.70. The van der Waals surface area contributed by atoms with Crippen LogP contribution < -0.4 is 0 Å². The average Bonchev–Trinajstić information content (AvgIpc) is 2.18. The van der Waals surface area contributed by atoms with Crippen molar-refractivity contribution in [3.63, 3.8) is 0 Å². The van der Waals surface area contributed by atoms with Crippen molar-refractivity contribution < 1.29 is 0 Å². The molecule has 2 rings (SSSR count).